The SMILES string of the molecule is Cc1ccc(C#Cc2cc(C#Cc3ccccc3)cc(C#Cc3ccccc3)c2)cc1. The number of rotatable bonds is 0. The first-order valence-corrected chi connectivity index (χ1v) is 10.1. The van der Waals surface area contributed by atoms with Gasteiger partial charge in [0, 0.05) is 33.4 Å². The summed E-state index contributed by atoms with van der Waals surface area (Å²) < 4.78 is 0. The Hall–Kier alpha value is -4.44. The van der Waals surface area contributed by atoms with Crippen molar-refractivity contribution >= 4 is 0 Å². The zero-order valence-electron chi connectivity index (χ0n) is 17.3. The van der Waals surface area contributed by atoms with Gasteiger partial charge in [0.2, 0.25) is 0 Å². The summed E-state index contributed by atoms with van der Waals surface area (Å²) in [6.45, 7) is 2.07. The van der Waals surface area contributed by atoms with Gasteiger partial charge in [0.25, 0.3) is 0 Å². The Morgan fingerprint density at radius 2 is 0.677 bits per heavy atom. The van der Waals surface area contributed by atoms with E-state index in [1.165, 1.54) is 5.56 Å². The van der Waals surface area contributed by atoms with Gasteiger partial charge in [-0.2, -0.15) is 0 Å². The van der Waals surface area contributed by atoms with E-state index in [-0.39, 0.29) is 0 Å². The van der Waals surface area contributed by atoms with Crippen molar-refractivity contribution in [3.05, 3.63) is 142 Å². The van der Waals surface area contributed by atoms with E-state index in [2.05, 4.69) is 54.6 Å². The molecule has 0 aliphatic heterocycles. The van der Waals surface area contributed by atoms with Crippen LogP contribution < -0.4 is 0 Å². The maximum atomic E-state index is 3.27. The van der Waals surface area contributed by atoms with Crippen molar-refractivity contribution in [3.63, 3.8) is 0 Å². The molecule has 144 valence electrons. The first-order chi connectivity index (χ1) is 15.2. The molecule has 0 bridgehead atoms. The van der Waals surface area contributed by atoms with Crippen molar-refractivity contribution in [2.75, 3.05) is 0 Å². The minimum absolute atomic E-state index is 0.900. The van der Waals surface area contributed by atoms with Gasteiger partial charge >= 0.3 is 0 Å². The highest BCUT2D eigenvalue weighted by Gasteiger charge is 1.97. The summed E-state index contributed by atoms with van der Waals surface area (Å²) >= 11 is 0. The quantitative estimate of drug-likeness (QED) is 0.313. The van der Waals surface area contributed by atoms with Gasteiger partial charge in [0.05, 0.1) is 0 Å². The number of benzene rings is 4. The van der Waals surface area contributed by atoms with E-state index in [1.54, 1.807) is 0 Å². The van der Waals surface area contributed by atoms with Crippen molar-refractivity contribution < 1.29 is 0 Å². The topological polar surface area (TPSA) is 0 Å². The zero-order chi connectivity index (χ0) is 21.3. The molecule has 4 aromatic rings. The standard InChI is InChI=1S/C31H20/c1-25-12-14-28(15-13-25)18-21-31-23-29(19-16-26-8-4-2-5-9-26)22-30(24-31)20-17-27-10-6-3-7-11-27/h2-15,22-24H,1H3. The van der Waals surface area contributed by atoms with E-state index < -0.39 is 0 Å². The van der Waals surface area contributed by atoms with Gasteiger partial charge in [0.1, 0.15) is 0 Å². The summed E-state index contributed by atoms with van der Waals surface area (Å²) in [4.78, 5) is 0. The summed E-state index contributed by atoms with van der Waals surface area (Å²) in [5.41, 5.74) is 6.88. The average molecular weight is 393 g/mol. The van der Waals surface area contributed by atoms with Gasteiger partial charge in [-0.15, -0.1) is 0 Å². The zero-order valence-corrected chi connectivity index (χ0v) is 17.3. The second-order valence-corrected chi connectivity index (χ2v) is 7.15. The fourth-order valence-electron chi connectivity index (χ4n) is 2.96. The highest BCUT2D eigenvalue weighted by atomic mass is 14.0. The van der Waals surface area contributed by atoms with Gasteiger partial charge < -0.3 is 0 Å². The molecule has 0 amide bonds. The van der Waals surface area contributed by atoms with E-state index >= 15 is 0 Å². The molecule has 0 heterocycles. The van der Waals surface area contributed by atoms with Gasteiger partial charge in [-0.25, -0.2) is 0 Å². The van der Waals surface area contributed by atoms with Gasteiger partial charge in [-0.05, 0) is 61.5 Å². The van der Waals surface area contributed by atoms with Crippen LogP contribution in [0.1, 0.15) is 38.9 Å². The molecule has 0 nitrogen and oxygen atoms in total. The Morgan fingerprint density at radius 1 is 0.355 bits per heavy atom. The molecule has 0 unspecified atom stereocenters. The molecule has 0 heteroatoms. The Labute approximate surface area is 184 Å². The third-order valence-corrected chi connectivity index (χ3v) is 4.59. The smallest absolute Gasteiger partial charge is 0.0273 e. The van der Waals surface area contributed by atoms with Crippen LogP contribution in [-0.4, -0.2) is 0 Å². The summed E-state index contributed by atoms with van der Waals surface area (Å²) in [7, 11) is 0. The molecule has 4 aromatic carbocycles. The lowest BCUT2D eigenvalue weighted by molar-refractivity contribution is 1.46. The lowest BCUT2D eigenvalue weighted by atomic mass is 10.0. The third-order valence-electron chi connectivity index (χ3n) is 4.59. The molecular weight excluding hydrogens is 372 g/mol. The fraction of sp³-hybridized carbons (Fsp3) is 0.0323. The summed E-state index contributed by atoms with van der Waals surface area (Å²) in [5, 5.41) is 0. The number of aryl methyl sites for hydroxylation is 1. The van der Waals surface area contributed by atoms with Gasteiger partial charge in [-0.1, -0.05) is 89.6 Å². The van der Waals surface area contributed by atoms with Crippen LogP contribution >= 0.6 is 0 Å². The molecular formula is C31H20. The minimum atomic E-state index is 0.900. The van der Waals surface area contributed by atoms with Crippen molar-refractivity contribution in [2.24, 2.45) is 0 Å². The summed E-state index contributed by atoms with van der Waals surface area (Å²) in [5.74, 6) is 19.5. The van der Waals surface area contributed by atoms with Crippen molar-refractivity contribution in [1.82, 2.24) is 0 Å². The highest BCUT2D eigenvalue weighted by Crippen LogP contribution is 2.10. The van der Waals surface area contributed by atoms with Crippen molar-refractivity contribution in [2.45, 2.75) is 6.92 Å². The van der Waals surface area contributed by atoms with Crippen molar-refractivity contribution in [1.29, 1.82) is 0 Å². The molecule has 4 rings (SSSR count). The van der Waals surface area contributed by atoms with Crippen LogP contribution in [0.4, 0.5) is 0 Å². The van der Waals surface area contributed by atoms with E-state index in [0.29, 0.717) is 0 Å². The van der Waals surface area contributed by atoms with Crippen molar-refractivity contribution in [3.8, 4) is 35.5 Å². The summed E-state index contributed by atoms with van der Waals surface area (Å²) in [6, 6.07) is 34.2. The third kappa shape index (κ3) is 6.02. The average Bonchev–Trinajstić information content (AvgIpc) is 2.82. The maximum Gasteiger partial charge on any atom is 0.0273 e. The van der Waals surface area contributed by atoms with E-state index in [0.717, 1.165) is 33.4 Å². The molecule has 0 aliphatic carbocycles. The minimum Gasteiger partial charge on any atom is -0.0622 e. The molecule has 31 heavy (non-hydrogen) atoms. The fourth-order valence-corrected chi connectivity index (χ4v) is 2.96. The lowest BCUT2D eigenvalue weighted by Crippen LogP contribution is -1.85. The van der Waals surface area contributed by atoms with E-state index in [9.17, 15) is 0 Å². The van der Waals surface area contributed by atoms with Gasteiger partial charge in [-0.3, -0.25) is 0 Å². The highest BCUT2D eigenvalue weighted by molar-refractivity contribution is 5.55. The van der Waals surface area contributed by atoms with Crippen LogP contribution in [0.25, 0.3) is 0 Å². The Bertz CT molecular complexity index is 1280. The molecule has 0 fully saturated rings. The normalized spacial score (nSPS) is 9.32. The molecule has 0 saturated carbocycles. The predicted octanol–water partition coefficient (Wildman–Crippen LogP) is 6.19. The van der Waals surface area contributed by atoms with Crippen LogP contribution in [0, 0.1) is 42.4 Å². The van der Waals surface area contributed by atoms with Crippen LogP contribution in [0.3, 0.4) is 0 Å². The largest absolute Gasteiger partial charge is 0.0622 e. The second kappa shape index (κ2) is 9.85. The molecule has 0 N–H and O–H groups in total. The van der Waals surface area contributed by atoms with Gasteiger partial charge in [0.15, 0.2) is 0 Å². The molecule has 0 aliphatic rings. The van der Waals surface area contributed by atoms with Crippen LogP contribution in [0.5, 0.6) is 0 Å². The lowest BCUT2D eigenvalue weighted by Gasteiger charge is -1.98. The number of hydrogen-bond donors (Lipinski definition) is 0. The monoisotopic (exact) mass is 392 g/mol. The molecule has 0 radical (unpaired) electrons. The molecule has 0 atom stereocenters. The molecule has 0 saturated heterocycles. The van der Waals surface area contributed by atoms with Crippen LogP contribution in [0.2, 0.25) is 0 Å². The van der Waals surface area contributed by atoms with E-state index in [4.69, 9.17) is 0 Å². The first kappa shape index (κ1) is 19.9. The van der Waals surface area contributed by atoms with E-state index in [1.807, 2.05) is 91.0 Å². The van der Waals surface area contributed by atoms with Crippen LogP contribution in [-0.2, 0) is 0 Å². The number of hydrogen-bond acceptors (Lipinski definition) is 0. The summed E-state index contributed by atoms with van der Waals surface area (Å²) in [6.07, 6.45) is 0. The Kier molecular flexibility index (Phi) is 6.31. The Morgan fingerprint density at radius 3 is 1.06 bits per heavy atom. The van der Waals surface area contributed by atoms with Crippen LogP contribution in [0.15, 0.2) is 103 Å². The second-order valence-electron chi connectivity index (χ2n) is 7.15. The Balaban J connectivity index is 1.71. The maximum absolute atomic E-state index is 3.27. The molecule has 0 spiro atoms. The predicted molar refractivity (Wildman–Crippen MR) is 128 cm³/mol. The first-order valence-electron chi connectivity index (χ1n) is 10.1. The molecule has 0 aromatic heterocycles.